The molecule has 8 nitrogen and oxygen atoms in total. The maximum atomic E-state index is 11.9. The van der Waals surface area contributed by atoms with Gasteiger partial charge in [-0.3, -0.25) is 0 Å². The summed E-state index contributed by atoms with van der Waals surface area (Å²) in [5.74, 6) is 2.19. The van der Waals surface area contributed by atoms with Crippen LogP contribution in [0.2, 0.25) is 0 Å². The van der Waals surface area contributed by atoms with E-state index in [0.717, 1.165) is 0 Å². The summed E-state index contributed by atoms with van der Waals surface area (Å²) in [5, 5.41) is 7.48. The van der Waals surface area contributed by atoms with Crippen LogP contribution in [0, 0.1) is 12.3 Å². The number of carbonyl (C=O) groups is 1. The van der Waals surface area contributed by atoms with E-state index in [1.165, 1.54) is 24.3 Å². The highest BCUT2D eigenvalue weighted by atomic mass is 32.2. The zero-order chi connectivity index (χ0) is 17.6. The SMILES string of the molecule is C#CCNS(=O)(=O)c1ccc(C(=O)OCc2nnc(CC)o2)cc1. The number of esters is 1. The van der Waals surface area contributed by atoms with Crippen molar-refractivity contribution in [3.05, 3.63) is 41.6 Å². The molecule has 0 spiro atoms. The van der Waals surface area contributed by atoms with Gasteiger partial charge in [0.2, 0.25) is 15.9 Å². The highest BCUT2D eigenvalue weighted by molar-refractivity contribution is 7.89. The van der Waals surface area contributed by atoms with Gasteiger partial charge in [-0.05, 0) is 24.3 Å². The number of sulfonamides is 1. The highest BCUT2D eigenvalue weighted by Crippen LogP contribution is 2.12. The zero-order valence-electron chi connectivity index (χ0n) is 12.9. The zero-order valence-corrected chi connectivity index (χ0v) is 13.7. The number of hydrogen-bond donors (Lipinski definition) is 1. The Bertz CT molecular complexity index is 850. The molecule has 0 unspecified atom stereocenters. The van der Waals surface area contributed by atoms with Gasteiger partial charge in [0.25, 0.3) is 5.89 Å². The van der Waals surface area contributed by atoms with E-state index in [-0.39, 0.29) is 29.5 Å². The van der Waals surface area contributed by atoms with Crippen LogP contribution < -0.4 is 4.72 Å². The number of rotatable bonds is 7. The molecule has 0 fully saturated rings. The molecule has 0 saturated carbocycles. The van der Waals surface area contributed by atoms with Crippen molar-refractivity contribution in [2.45, 2.75) is 24.8 Å². The summed E-state index contributed by atoms with van der Waals surface area (Å²) in [5.41, 5.74) is 0.195. The molecule has 9 heteroatoms. The van der Waals surface area contributed by atoms with Crippen molar-refractivity contribution in [1.29, 1.82) is 0 Å². The van der Waals surface area contributed by atoms with Gasteiger partial charge < -0.3 is 9.15 Å². The van der Waals surface area contributed by atoms with Crippen LogP contribution in [0.4, 0.5) is 0 Å². The van der Waals surface area contributed by atoms with Gasteiger partial charge in [0.15, 0.2) is 6.61 Å². The van der Waals surface area contributed by atoms with Gasteiger partial charge in [-0.25, -0.2) is 13.2 Å². The van der Waals surface area contributed by atoms with Gasteiger partial charge in [-0.1, -0.05) is 12.8 Å². The second-order valence-corrected chi connectivity index (χ2v) is 6.34. The number of benzene rings is 1. The summed E-state index contributed by atoms with van der Waals surface area (Å²) in [7, 11) is -3.70. The van der Waals surface area contributed by atoms with Crippen LogP contribution in [0.1, 0.15) is 29.1 Å². The van der Waals surface area contributed by atoms with Crippen molar-refractivity contribution in [1.82, 2.24) is 14.9 Å². The maximum absolute atomic E-state index is 11.9. The lowest BCUT2D eigenvalue weighted by atomic mass is 10.2. The third-order valence-electron chi connectivity index (χ3n) is 2.90. The molecule has 0 bridgehead atoms. The Kier molecular flexibility index (Phi) is 5.68. The van der Waals surface area contributed by atoms with E-state index in [1.807, 2.05) is 6.92 Å². The molecule has 126 valence electrons. The van der Waals surface area contributed by atoms with E-state index < -0.39 is 16.0 Å². The summed E-state index contributed by atoms with van der Waals surface area (Å²) in [4.78, 5) is 11.9. The average Bonchev–Trinajstić information content (AvgIpc) is 3.06. The monoisotopic (exact) mass is 349 g/mol. The minimum Gasteiger partial charge on any atom is -0.452 e. The standard InChI is InChI=1S/C15H15N3O5S/c1-3-9-16-24(20,21)12-7-5-11(6-8-12)15(19)22-10-14-18-17-13(4-2)23-14/h1,5-8,16H,4,9-10H2,2H3. The Labute approximate surface area is 139 Å². The van der Waals surface area contributed by atoms with Gasteiger partial charge in [0, 0.05) is 6.42 Å². The van der Waals surface area contributed by atoms with Crippen LogP contribution in [-0.2, 0) is 27.8 Å². The fourth-order valence-corrected chi connectivity index (χ4v) is 2.62. The lowest BCUT2D eigenvalue weighted by Crippen LogP contribution is -2.23. The number of ether oxygens (including phenoxy) is 1. The molecule has 2 rings (SSSR count). The van der Waals surface area contributed by atoms with Gasteiger partial charge in [-0.2, -0.15) is 4.72 Å². The van der Waals surface area contributed by atoms with E-state index in [1.54, 1.807) is 0 Å². The molecule has 0 aliphatic carbocycles. The lowest BCUT2D eigenvalue weighted by molar-refractivity contribution is 0.0436. The van der Waals surface area contributed by atoms with E-state index in [9.17, 15) is 13.2 Å². The normalized spacial score (nSPS) is 11.0. The second-order valence-electron chi connectivity index (χ2n) is 4.57. The minimum absolute atomic E-state index is 0.00112. The fraction of sp³-hybridized carbons (Fsp3) is 0.267. The van der Waals surface area contributed by atoms with Crippen molar-refractivity contribution in [3.63, 3.8) is 0 Å². The quantitative estimate of drug-likeness (QED) is 0.584. The first-order valence-electron chi connectivity index (χ1n) is 6.98. The molecule has 1 aromatic carbocycles. The molecule has 1 aromatic heterocycles. The number of aromatic nitrogens is 2. The Morgan fingerprint density at radius 1 is 1.29 bits per heavy atom. The van der Waals surface area contributed by atoms with E-state index >= 15 is 0 Å². The molecule has 0 saturated heterocycles. The van der Waals surface area contributed by atoms with Crippen molar-refractivity contribution < 1.29 is 22.4 Å². The molecule has 0 atom stereocenters. The van der Waals surface area contributed by atoms with Gasteiger partial charge in [0.1, 0.15) is 0 Å². The first-order chi connectivity index (χ1) is 11.5. The molecule has 1 heterocycles. The summed E-state index contributed by atoms with van der Waals surface area (Å²) in [6, 6.07) is 5.27. The first-order valence-corrected chi connectivity index (χ1v) is 8.46. The molecule has 24 heavy (non-hydrogen) atoms. The van der Waals surface area contributed by atoms with E-state index in [4.69, 9.17) is 15.6 Å². The topological polar surface area (TPSA) is 111 Å². The predicted octanol–water partition coefficient (Wildman–Crippen LogP) is 0.900. The van der Waals surface area contributed by atoms with Gasteiger partial charge >= 0.3 is 5.97 Å². The van der Waals surface area contributed by atoms with Gasteiger partial charge in [0.05, 0.1) is 17.0 Å². The molecule has 0 amide bonds. The Balaban J connectivity index is 1.99. The smallest absolute Gasteiger partial charge is 0.338 e. The molecule has 0 aliphatic rings. The summed E-state index contributed by atoms with van der Waals surface area (Å²) >= 11 is 0. The number of carbonyl (C=O) groups excluding carboxylic acids is 1. The number of aryl methyl sites for hydroxylation is 1. The second kappa shape index (κ2) is 7.72. The van der Waals surface area contributed by atoms with E-state index in [0.29, 0.717) is 12.3 Å². The molecule has 1 N–H and O–H groups in total. The number of terminal acetylenes is 1. The van der Waals surface area contributed by atoms with Gasteiger partial charge in [-0.15, -0.1) is 16.6 Å². The van der Waals surface area contributed by atoms with Crippen LogP contribution in [0.15, 0.2) is 33.6 Å². The Hall–Kier alpha value is -2.70. The van der Waals surface area contributed by atoms with Crippen molar-refractivity contribution in [2.75, 3.05) is 6.54 Å². The lowest BCUT2D eigenvalue weighted by Gasteiger charge is -2.05. The molecule has 0 radical (unpaired) electrons. The van der Waals surface area contributed by atoms with Crippen molar-refractivity contribution in [3.8, 4) is 12.3 Å². The first kappa shape index (κ1) is 17.7. The van der Waals surface area contributed by atoms with Crippen LogP contribution in [-0.4, -0.2) is 31.1 Å². The van der Waals surface area contributed by atoms with Crippen LogP contribution in [0.3, 0.4) is 0 Å². The number of nitrogens with zero attached hydrogens (tertiary/aromatic N) is 2. The molecular weight excluding hydrogens is 334 g/mol. The fourth-order valence-electron chi connectivity index (χ4n) is 1.69. The number of hydrogen-bond acceptors (Lipinski definition) is 7. The van der Waals surface area contributed by atoms with Crippen molar-refractivity contribution in [2.24, 2.45) is 0 Å². The third-order valence-corrected chi connectivity index (χ3v) is 4.32. The van der Waals surface area contributed by atoms with Crippen LogP contribution in [0.5, 0.6) is 0 Å². The molecule has 0 aliphatic heterocycles. The van der Waals surface area contributed by atoms with E-state index in [2.05, 4.69) is 20.8 Å². The average molecular weight is 349 g/mol. The van der Waals surface area contributed by atoms with Crippen LogP contribution >= 0.6 is 0 Å². The van der Waals surface area contributed by atoms with Crippen molar-refractivity contribution >= 4 is 16.0 Å². The summed E-state index contributed by atoms with van der Waals surface area (Å²) in [6.07, 6.45) is 5.60. The molecule has 2 aromatic rings. The maximum Gasteiger partial charge on any atom is 0.338 e. The number of nitrogens with one attached hydrogen (secondary N) is 1. The largest absolute Gasteiger partial charge is 0.452 e. The predicted molar refractivity (Wildman–Crippen MR) is 83.3 cm³/mol. The third kappa shape index (κ3) is 4.41. The Morgan fingerprint density at radius 3 is 2.54 bits per heavy atom. The Morgan fingerprint density at radius 2 is 1.96 bits per heavy atom. The minimum atomic E-state index is -3.70. The molecular formula is C15H15N3O5S. The summed E-state index contributed by atoms with van der Waals surface area (Å²) < 4.78 is 36.2. The highest BCUT2D eigenvalue weighted by Gasteiger charge is 2.15. The summed E-state index contributed by atoms with van der Waals surface area (Å²) in [6.45, 7) is 1.59. The van der Waals surface area contributed by atoms with Crippen LogP contribution in [0.25, 0.3) is 0 Å².